The molecule has 0 heterocycles. The third kappa shape index (κ3) is 4.42. The first kappa shape index (κ1) is 17.4. The van der Waals surface area contributed by atoms with Gasteiger partial charge in [0.25, 0.3) is 0 Å². The molecular weight excluding hydrogens is 254 g/mol. The molecular formula is C15H29N3O2. The summed E-state index contributed by atoms with van der Waals surface area (Å²) in [7, 11) is 3.46. The van der Waals surface area contributed by atoms with E-state index in [1.165, 1.54) is 0 Å². The van der Waals surface area contributed by atoms with Crippen molar-refractivity contribution in [3.05, 3.63) is 0 Å². The lowest BCUT2D eigenvalue weighted by atomic mass is 9.99. The van der Waals surface area contributed by atoms with Crippen molar-refractivity contribution in [1.82, 2.24) is 10.2 Å². The van der Waals surface area contributed by atoms with Gasteiger partial charge in [-0.1, -0.05) is 6.92 Å². The smallest absolute Gasteiger partial charge is 0.108 e. The average molecular weight is 283 g/mol. The van der Waals surface area contributed by atoms with Gasteiger partial charge in [0, 0.05) is 32.8 Å². The monoisotopic (exact) mass is 283 g/mol. The SMILES string of the molecule is CCNC1(C#N)CCC(N(CCOC)C(C)COC)C1. The molecule has 3 atom stereocenters. The van der Waals surface area contributed by atoms with Gasteiger partial charge in [0.05, 0.1) is 19.3 Å². The molecule has 0 aliphatic heterocycles. The lowest BCUT2D eigenvalue weighted by molar-refractivity contribution is 0.0471. The first-order chi connectivity index (χ1) is 9.62. The molecule has 1 saturated carbocycles. The second-order valence-electron chi connectivity index (χ2n) is 5.66. The highest BCUT2D eigenvalue weighted by atomic mass is 16.5. The van der Waals surface area contributed by atoms with Gasteiger partial charge in [-0.25, -0.2) is 0 Å². The standard InChI is InChI=1S/C15H29N3O2/c1-5-17-15(12-16)7-6-14(10-15)18(8-9-19-3)13(2)11-20-4/h13-14,17H,5-11H2,1-4H3. The van der Waals surface area contributed by atoms with Crippen LogP contribution in [0.5, 0.6) is 0 Å². The van der Waals surface area contributed by atoms with E-state index < -0.39 is 0 Å². The van der Waals surface area contributed by atoms with Crippen molar-refractivity contribution < 1.29 is 9.47 Å². The topological polar surface area (TPSA) is 57.5 Å². The molecule has 5 heteroatoms. The van der Waals surface area contributed by atoms with Crippen LogP contribution < -0.4 is 5.32 Å². The van der Waals surface area contributed by atoms with E-state index >= 15 is 0 Å². The van der Waals surface area contributed by atoms with Gasteiger partial charge in [0.1, 0.15) is 5.54 Å². The van der Waals surface area contributed by atoms with Gasteiger partial charge < -0.3 is 9.47 Å². The summed E-state index contributed by atoms with van der Waals surface area (Å²) in [6.45, 7) is 7.39. The maximum absolute atomic E-state index is 9.48. The largest absolute Gasteiger partial charge is 0.383 e. The average Bonchev–Trinajstić information content (AvgIpc) is 2.85. The summed E-state index contributed by atoms with van der Waals surface area (Å²) in [6.07, 6.45) is 2.86. The van der Waals surface area contributed by atoms with Gasteiger partial charge >= 0.3 is 0 Å². The molecule has 1 aliphatic rings. The highest BCUT2D eigenvalue weighted by molar-refractivity contribution is 5.13. The number of hydrogen-bond acceptors (Lipinski definition) is 5. The summed E-state index contributed by atoms with van der Waals surface area (Å²) in [5.41, 5.74) is -0.350. The number of nitrogens with zero attached hydrogens (tertiary/aromatic N) is 2. The van der Waals surface area contributed by atoms with Crippen LogP contribution in [0.15, 0.2) is 0 Å². The zero-order valence-corrected chi connectivity index (χ0v) is 13.3. The van der Waals surface area contributed by atoms with Gasteiger partial charge in [-0.15, -0.1) is 0 Å². The first-order valence-electron chi connectivity index (χ1n) is 7.52. The van der Waals surface area contributed by atoms with E-state index in [2.05, 4.69) is 30.1 Å². The van der Waals surface area contributed by atoms with E-state index in [-0.39, 0.29) is 5.54 Å². The lowest BCUT2D eigenvalue weighted by Gasteiger charge is -2.34. The molecule has 0 radical (unpaired) electrons. The van der Waals surface area contributed by atoms with Crippen LogP contribution in [0.25, 0.3) is 0 Å². The fourth-order valence-corrected chi connectivity index (χ4v) is 3.24. The molecule has 3 unspecified atom stereocenters. The van der Waals surface area contributed by atoms with Gasteiger partial charge in [-0.2, -0.15) is 5.26 Å². The number of hydrogen-bond donors (Lipinski definition) is 1. The fourth-order valence-electron chi connectivity index (χ4n) is 3.24. The van der Waals surface area contributed by atoms with E-state index in [9.17, 15) is 5.26 Å². The van der Waals surface area contributed by atoms with Crippen molar-refractivity contribution in [3.8, 4) is 6.07 Å². The molecule has 0 saturated heterocycles. The first-order valence-corrected chi connectivity index (χ1v) is 7.52. The van der Waals surface area contributed by atoms with Crippen LogP contribution in [0.4, 0.5) is 0 Å². The second kappa shape index (κ2) is 8.58. The van der Waals surface area contributed by atoms with Crippen molar-refractivity contribution in [1.29, 1.82) is 5.26 Å². The van der Waals surface area contributed by atoms with Crippen LogP contribution in [0.1, 0.15) is 33.1 Å². The molecule has 0 aromatic rings. The minimum absolute atomic E-state index is 0.344. The quantitative estimate of drug-likeness (QED) is 0.693. The maximum Gasteiger partial charge on any atom is 0.108 e. The van der Waals surface area contributed by atoms with Gasteiger partial charge in [-0.05, 0) is 32.7 Å². The van der Waals surface area contributed by atoms with Crippen LogP contribution >= 0.6 is 0 Å². The van der Waals surface area contributed by atoms with Gasteiger partial charge in [0.15, 0.2) is 0 Å². The van der Waals surface area contributed by atoms with E-state index in [0.29, 0.717) is 25.3 Å². The zero-order valence-electron chi connectivity index (χ0n) is 13.3. The van der Waals surface area contributed by atoms with Crippen molar-refractivity contribution in [2.75, 3.05) is 40.5 Å². The third-order valence-corrected chi connectivity index (χ3v) is 4.21. The Balaban J connectivity index is 2.70. The maximum atomic E-state index is 9.48. The number of rotatable bonds is 9. The lowest BCUT2D eigenvalue weighted by Crippen LogP contribution is -2.47. The Hall–Kier alpha value is -0.670. The summed E-state index contributed by atoms with van der Waals surface area (Å²) in [4.78, 5) is 2.43. The van der Waals surface area contributed by atoms with E-state index in [1.807, 2.05) is 0 Å². The molecule has 116 valence electrons. The third-order valence-electron chi connectivity index (χ3n) is 4.21. The number of nitriles is 1. The predicted molar refractivity (Wildman–Crippen MR) is 79.6 cm³/mol. The number of ether oxygens (including phenoxy) is 2. The van der Waals surface area contributed by atoms with E-state index in [0.717, 1.165) is 32.4 Å². The minimum atomic E-state index is -0.350. The summed E-state index contributed by atoms with van der Waals surface area (Å²) >= 11 is 0. The van der Waals surface area contributed by atoms with Gasteiger partial charge in [0.2, 0.25) is 0 Å². The van der Waals surface area contributed by atoms with Crippen LogP contribution in [0.2, 0.25) is 0 Å². The highest BCUT2D eigenvalue weighted by Crippen LogP contribution is 2.33. The predicted octanol–water partition coefficient (Wildman–Crippen LogP) is 1.39. The van der Waals surface area contributed by atoms with E-state index in [1.54, 1.807) is 14.2 Å². The number of nitrogens with one attached hydrogen (secondary N) is 1. The Morgan fingerprint density at radius 2 is 2.20 bits per heavy atom. The Bertz CT molecular complexity index is 319. The normalized spacial score (nSPS) is 27.7. The van der Waals surface area contributed by atoms with Crippen LogP contribution in [-0.4, -0.2) is 63.0 Å². The molecule has 0 amide bonds. The van der Waals surface area contributed by atoms with Crippen LogP contribution in [0, 0.1) is 11.3 Å². The minimum Gasteiger partial charge on any atom is -0.383 e. The highest BCUT2D eigenvalue weighted by Gasteiger charge is 2.41. The summed E-state index contributed by atoms with van der Waals surface area (Å²) in [5.74, 6) is 0. The van der Waals surface area contributed by atoms with Crippen LogP contribution in [-0.2, 0) is 9.47 Å². The molecule has 0 aromatic carbocycles. The second-order valence-corrected chi connectivity index (χ2v) is 5.66. The molecule has 0 aromatic heterocycles. The molecule has 20 heavy (non-hydrogen) atoms. The molecule has 1 rings (SSSR count). The van der Waals surface area contributed by atoms with E-state index in [4.69, 9.17) is 9.47 Å². The number of methoxy groups -OCH3 is 2. The Morgan fingerprint density at radius 1 is 1.45 bits per heavy atom. The molecule has 0 bridgehead atoms. The Kier molecular flexibility index (Phi) is 7.46. The Labute approximate surface area is 123 Å². The van der Waals surface area contributed by atoms with Crippen molar-refractivity contribution in [2.24, 2.45) is 0 Å². The molecule has 0 spiro atoms. The van der Waals surface area contributed by atoms with Crippen LogP contribution in [0.3, 0.4) is 0 Å². The molecule has 1 aliphatic carbocycles. The Morgan fingerprint density at radius 3 is 2.75 bits per heavy atom. The zero-order chi connectivity index (χ0) is 15.0. The molecule has 1 N–H and O–H groups in total. The van der Waals surface area contributed by atoms with Gasteiger partial charge in [-0.3, -0.25) is 10.2 Å². The summed E-state index contributed by atoms with van der Waals surface area (Å²) in [6, 6.07) is 3.26. The summed E-state index contributed by atoms with van der Waals surface area (Å²) < 4.78 is 10.5. The molecule has 5 nitrogen and oxygen atoms in total. The molecule has 1 fully saturated rings. The fraction of sp³-hybridized carbons (Fsp3) is 0.933. The summed E-state index contributed by atoms with van der Waals surface area (Å²) in [5, 5.41) is 12.9. The van der Waals surface area contributed by atoms with Crippen molar-refractivity contribution in [2.45, 2.75) is 50.7 Å². The van der Waals surface area contributed by atoms with Crippen molar-refractivity contribution in [3.63, 3.8) is 0 Å². The van der Waals surface area contributed by atoms with Crippen molar-refractivity contribution >= 4 is 0 Å².